The van der Waals surface area contributed by atoms with E-state index in [0.717, 1.165) is 28.2 Å². The van der Waals surface area contributed by atoms with Gasteiger partial charge in [-0.25, -0.2) is 4.39 Å². The van der Waals surface area contributed by atoms with Crippen LogP contribution in [0.4, 0.5) is 10.1 Å². The van der Waals surface area contributed by atoms with Crippen LogP contribution in [0, 0.1) is 15.9 Å². The first kappa shape index (κ1) is 14.3. The molecule has 0 aliphatic carbocycles. The Morgan fingerprint density at radius 2 is 1.85 bits per heavy atom. The Morgan fingerprint density at radius 1 is 1.20 bits per heavy atom. The quantitative estimate of drug-likeness (QED) is 0.482. The van der Waals surface area contributed by atoms with Crippen molar-refractivity contribution in [3.8, 4) is 0 Å². The lowest BCUT2D eigenvalue weighted by molar-refractivity contribution is -0.385. The van der Waals surface area contributed by atoms with Crippen LogP contribution in [0.25, 0.3) is 0 Å². The summed E-state index contributed by atoms with van der Waals surface area (Å²) < 4.78 is 13.9. The molecule has 0 saturated heterocycles. The first-order valence-corrected chi connectivity index (χ1v) is 6.48. The third kappa shape index (κ3) is 3.27. The highest BCUT2D eigenvalue weighted by atomic mass is 79.9. The highest BCUT2D eigenvalue weighted by Gasteiger charge is 2.20. The molecule has 0 aromatic heterocycles. The van der Waals surface area contributed by atoms with Gasteiger partial charge in [0.1, 0.15) is 5.82 Å². The van der Waals surface area contributed by atoms with E-state index in [-0.39, 0.29) is 12.0 Å². The molecule has 0 amide bonds. The second-order valence-electron chi connectivity index (χ2n) is 4.14. The van der Waals surface area contributed by atoms with E-state index in [0.29, 0.717) is 0 Å². The Kier molecular flexibility index (Phi) is 4.24. The molecule has 0 saturated carbocycles. The maximum atomic E-state index is 13.0. The second kappa shape index (κ2) is 5.92. The summed E-state index contributed by atoms with van der Waals surface area (Å²) in [4.78, 5) is 22.2. The van der Waals surface area contributed by atoms with Gasteiger partial charge in [0.25, 0.3) is 5.69 Å². The van der Waals surface area contributed by atoms with Crippen LogP contribution in [-0.4, -0.2) is 10.7 Å². The number of hydrogen-bond acceptors (Lipinski definition) is 3. The van der Waals surface area contributed by atoms with Gasteiger partial charge in [-0.3, -0.25) is 14.9 Å². The Bertz CT molecular complexity index is 671. The number of carbonyl (C=O) groups is 1. The van der Waals surface area contributed by atoms with Gasteiger partial charge in [0, 0.05) is 10.9 Å². The summed E-state index contributed by atoms with van der Waals surface area (Å²) >= 11 is 3.28. The average Bonchev–Trinajstić information content (AvgIpc) is 2.41. The zero-order chi connectivity index (χ0) is 14.7. The molecule has 0 bridgehead atoms. The number of nitro benzene ring substituents is 1. The molecule has 2 rings (SSSR count). The van der Waals surface area contributed by atoms with Crippen LogP contribution in [0.3, 0.4) is 0 Å². The molecule has 0 aliphatic heterocycles. The van der Waals surface area contributed by atoms with Crippen LogP contribution in [0.15, 0.2) is 46.9 Å². The SMILES string of the molecule is O=C(Cc1ccc(Br)cc1)c1ccc(F)cc1[N+](=O)[O-]. The van der Waals surface area contributed by atoms with E-state index in [1.807, 2.05) is 0 Å². The molecule has 0 heterocycles. The number of carbonyl (C=O) groups excluding carboxylic acids is 1. The Balaban J connectivity index is 2.29. The number of halogens is 2. The van der Waals surface area contributed by atoms with Crippen molar-refractivity contribution in [1.29, 1.82) is 0 Å². The molecular formula is C14H9BrFNO3. The Labute approximate surface area is 122 Å². The summed E-state index contributed by atoms with van der Waals surface area (Å²) in [6.45, 7) is 0. The first-order valence-electron chi connectivity index (χ1n) is 5.69. The minimum atomic E-state index is -0.752. The number of rotatable bonds is 4. The van der Waals surface area contributed by atoms with E-state index in [2.05, 4.69) is 15.9 Å². The van der Waals surface area contributed by atoms with Gasteiger partial charge in [-0.2, -0.15) is 0 Å². The Morgan fingerprint density at radius 3 is 2.45 bits per heavy atom. The summed E-state index contributed by atoms with van der Waals surface area (Å²) in [6, 6.07) is 10.0. The van der Waals surface area contributed by atoms with Gasteiger partial charge in [0.2, 0.25) is 0 Å². The van der Waals surface area contributed by atoms with Crippen LogP contribution in [0.2, 0.25) is 0 Å². The molecule has 2 aromatic carbocycles. The van der Waals surface area contributed by atoms with Crippen LogP contribution in [-0.2, 0) is 6.42 Å². The topological polar surface area (TPSA) is 60.2 Å². The van der Waals surface area contributed by atoms with Crippen molar-refractivity contribution in [2.45, 2.75) is 6.42 Å². The van der Waals surface area contributed by atoms with E-state index < -0.39 is 22.2 Å². The molecule has 0 spiro atoms. The fourth-order valence-corrected chi connectivity index (χ4v) is 2.04. The molecular weight excluding hydrogens is 329 g/mol. The number of benzene rings is 2. The van der Waals surface area contributed by atoms with Crippen LogP contribution in [0.1, 0.15) is 15.9 Å². The van der Waals surface area contributed by atoms with Crippen LogP contribution >= 0.6 is 15.9 Å². The molecule has 0 unspecified atom stereocenters. The minimum Gasteiger partial charge on any atom is -0.294 e. The van der Waals surface area contributed by atoms with Crippen molar-refractivity contribution in [2.24, 2.45) is 0 Å². The number of hydrogen-bond donors (Lipinski definition) is 0. The molecule has 0 aliphatic rings. The van der Waals surface area contributed by atoms with Gasteiger partial charge in [0.05, 0.1) is 16.6 Å². The lowest BCUT2D eigenvalue weighted by Gasteiger charge is -2.03. The largest absolute Gasteiger partial charge is 0.294 e. The average molecular weight is 338 g/mol. The first-order chi connectivity index (χ1) is 9.47. The lowest BCUT2D eigenvalue weighted by Crippen LogP contribution is -2.07. The van der Waals surface area contributed by atoms with Crippen molar-refractivity contribution >= 4 is 27.4 Å². The molecule has 0 fully saturated rings. The minimum absolute atomic E-state index is 0.0275. The van der Waals surface area contributed by atoms with Gasteiger partial charge in [0.15, 0.2) is 5.78 Å². The van der Waals surface area contributed by atoms with Crippen molar-refractivity contribution in [1.82, 2.24) is 0 Å². The van der Waals surface area contributed by atoms with Gasteiger partial charge in [-0.15, -0.1) is 0 Å². The molecule has 20 heavy (non-hydrogen) atoms. The lowest BCUT2D eigenvalue weighted by atomic mass is 10.0. The monoisotopic (exact) mass is 337 g/mol. The molecule has 2 aromatic rings. The van der Waals surface area contributed by atoms with Crippen molar-refractivity contribution in [2.75, 3.05) is 0 Å². The summed E-state index contributed by atoms with van der Waals surface area (Å²) in [5, 5.41) is 10.9. The van der Waals surface area contributed by atoms with Crippen molar-refractivity contribution in [3.05, 3.63) is 74.0 Å². The summed E-state index contributed by atoms with van der Waals surface area (Å²) in [5.41, 5.74) is 0.142. The van der Waals surface area contributed by atoms with Crippen molar-refractivity contribution in [3.63, 3.8) is 0 Å². The van der Waals surface area contributed by atoms with E-state index in [9.17, 15) is 19.3 Å². The standard InChI is InChI=1S/C14H9BrFNO3/c15-10-3-1-9(2-4-10)7-14(18)12-6-5-11(16)8-13(12)17(19)20/h1-6,8H,7H2. The van der Waals surface area contributed by atoms with E-state index in [1.165, 1.54) is 0 Å². The van der Waals surface area contributed by atoms with Crippen LogP contribution < -0.4 is 0 Å². The zero-order valence-electron chi connectivity index (χ0n) is 10.2. The number of nitro groups is 1. The predicted molar refractivity (Wildman–Crippen MR) is 75.2 cm³/mol. The Hall–Kier alpha value is -2.08. The molecule has 0 N–H and O–H groups in total. The van der Waals surface area contributed by atoms with Gasteiger partial charge in [-0.05, 0) is 29.8 Å². The van der Waals surface area contributed by atoms with Crippen LogP contribution in [0.5, 0.6) is 0 Å². The summed E-state index contributed by atoms with van der Waals surface area (Å²) in [6.07, 6.45) is 0.0275. The third-order valence-corrected chi connectivity index (χ3v) is 3.26. The number of ketones is 1. The van der Waals surface area contributed by atoms with Gasteiger partial charge < -0.3 is 0 Å². The summed E-state index contributed by atoms with van der Waals surface area (Å²) in [5.74, 6) is -1.16. The fourth-order valence-electron chi connectivity index (χ4n) is 1.77. The molecule has 4 nitrogen and oxygen atoms in total. The van der Waals surface area contributed by atoms with Crippen molar-refractivity contribution < 1.29 is 14.1 Å². The normalized spacial score (nSPS) is 10.3. The maximum Gasteiger partial charge on any atom is 0.283 e. The molecule has 102 valence electrons. The van der Waals surface area contributed by atoms with Gasteiger partial charge >= 0.3 is 0 Å². The summed E-state index contributed by atoms with van der Waals surface area (Å²) in [7, 11) is 0. The maximum absolute atomic E-state index is 13.0. The highest BCUT2D eigenvalue weighted by molar-refractivity contribution is 9.10. The highest BCUT2D eigenvalue weighted by Crippen LogP contribution is 2.22. The van der Waals surface area contributed by atoms with E-state index >= 15 is 0 Å². The molecule has 0 radical (unpaired) electrons. The van der Waals surface area contributed by atoms with E-state index in [1.54, 1.807) is 24.3 Å². The van der Waals surface area contributed by atoms with E-state index in [4.69, 9.17) is 0 Å². The molecule has 0 atom stereocenters. The fraction of sp³-hybridized carbons (Fsp3) is 0.0714. The number of Topliss-reactive ketones (excluding diaryl/α,β-unsaturated/α-hetero) is 1. The third-order valence-electron chi connectivity index (χ3n) is 2.73. The second-order valence-corrected chi connectivity index (χ2v) is 5.06. The van der Waals surface area contributed by atoms with Gasteiger partial charge in [-0.1, -0.05) is 28.1 Å². The molecule has 6 heteroatoms. The zero-order valence-corrected chi connectivity index (χ0v) is 11.8. The predicted octanol–water partition coefficient (Wildman–Crippen LogP) is 3.92. The smallest absolute Gasteiger partial charge is 0.283 e. The number of nitrogens with zero attached hydrogens (tertiary/aromatic N) is 1.